The van der Waals surface area contributed by atoms with Crippen LogP contribution < -0.4 is 0 Å². The highest BCUT2D eigenvalue weighted by Gasteiger charge is 2.07. The molecule has 0 saturated heterocycles. The van der Waals surface area contributed by atoms with Crippen molar-refractivity contribution in [2.75, 3.05) is 0 Å². The Labute approximate surface area is 101 Å². The minimum atomic E-state index is 0.672. The molecule has 1 heterocycles. The minimum Gasteiger partial charge on any atom is -0.273 e. The van der Waals surface area contributed by atoms with Gasteiger partial charge in [0.05, 0.1) is 0 Å². The monoisotopic (exact) mass is 272 g/mol. The number of hydrogen-bond acceptors (Lipinski definition) is 1. The molecule has 15 heavy (non-hydrogen) atoms. The lowest BCUT2D eigenvalue weighted by atomic mass is 10.0. The molecule has 0 aliphatic rings. The second-order valence-electron chi connectivity index (χ2n) is 4.57. The Hall–Kier alpha value is -0.310. The van der Waals surface area contributed by atoms with E-state index in [1.807, 2.05) is 17.9 Å². The molecule has 86 valence electrons. The predicted octanol–water partition coefficient (Wildman–Crippen LogP) is 3.55. The van der Waals surface area contributed by atoms with E-state index in [0.717, 1.165) is 12.3 Å². The van der Waals surface area contributed by atoms with Crippen LogP contribution in [0.3, 0.4) is 0 Å². The van der Waals surface area contributed by atoms with E-state index in [4.69, 9.17) is 0 Å². The van der Waals surface area contributed by atoms with Gasteiger partial charge in [-0.15, -0.1) is 0 Å². The van der Waals surface area contributed by atoms with E-state index in [0.29, 0.717) is 4.83 Å². The Bertz CT molecular complexity index is 281. The molecule has 1 rings (SSSR count). The fourth-order valence-corrected chi connectivity index (χ4v) is 2.85. The van der Waals surface area contributed by atoms with Crippen LogP contribution in [0.4, 0.5) is 0 Å². The molecule has 0 radical (unpaired) electrons. The Balaban J connectivity index is 2.19. The van der Waals surface area contributed by atoms with Gasteiger partial charge in [-0.2, -0.15) is 5.10 Å². The zero-order chi connectivity index (χ0) is 11.3. The third-order valence-corrected chi connectivity index (χ3v) is 3.43. The van der Waals surface area contributed by atoms with Crippen molar-refractivity contribution in [3.05, 3.63) is 18.0 Å². The largest absolute Gasteiger partial charge is 0.273 e. The van der Waals surface area contributed by atoms with E-state index in [9.17, 15) is 0 Å². The molecule has 0 N–H and O–H groups in total. The van der Waals surface area contributed by atoms with Crippen molar-refractivity contribution in [1.29, 1.82) is 0 Å². The molecule has 0 fully saturated rings. The van der Waals surface area contributed by atoms with Crippen LogP contribution in [0.15, 0.2) is 12.3 Å². The van der Waals surface area contributed by atoms with Crippen molar-refractivity contribution in [3.63, 3.8) is 0 Å². The van der Waals surface area contributed by atoms with Crippen LogP contribution in [-0.4, -0.2) is 14.6 Å². The lowest BCUT2D eigenvalue weighted by molar-refractivity contribution is 0.539. The summed E-state index contributed by atoms with van der Waals surface area (Å²) in [4.78, 5) is 0.672. The lowest BCUT2D eigenvalue weighted by Gasteiger charge is -2.11. The van der Waals surface area contributed by atoms with Gasteiger partial charge >= 0.3 is 0 Å². The van der Waals surface area contributed by atoms with E-state index in [1.165, 1.54) is 25.0 Å². The van der Waals surface area contributed by atoms with Gasteiger partial charge in [0.1, 0.15) is 0 Å². The summed E-state index contributed by atoms with van der Waals surface area (Å²) >= 11 is 3.74. The smallest absolute Gasteiger partial charge is 0.0492 e. The molecule has 0 spiro atoms. The number of aromatic nitrogens is 2. The zero-order valence-corrected chi connectivity index (χ0v) is 11.5. The summed E-state index contributed by atoms with van der Waals surface area (Å²) in [7, 11) is 2.01. The van der Waals surface area contributed by atoms with Gasteiger partial charge in [0.15, 0.2) is 0 Å². The Morgan fingerprint density at radius 2 is 2.20 bits per heavy atom. The van der Waals surface area contributed by atoms with Crippen LogP contribution >= 0.6 is 15.9 Å². The molecule has 0 aliphatic carbocycles. The Kier molecular flexibility index (Phi) is 5.37. The number of alkyl halides is 1. The third-order valence-electron chi connectivity index (χ3n) is 2.60. The highest BCUT2D eigenvalue weighted by atomic mass is 79.9. The van der Waals surface area contributed by atoms with Crippen molar-refractivity contribution in [3.8, 4) is 0 Å². The number of aryl methyl sites for hydroxylation is 2. The minimum absolute atomic E-state index is 0.672. The molecular formula is C12H21BrN2. The molecule has 3 heteroatoms. The molecule has 0 bridgehead atoms. The normalized spacial score (nSPS) is 13.4. The second-order valence-corrected chi connectivity index (χ2v) is 5.86. The maximum atomic E-state index is 4.17. The first-order valence-corrected chi connectivity index (χ1v) is 6.62. The van der Waals surface area contributed by atoms with Crippen LogP contribution in [0.1, 0.15) is 38.8 Å². The van der Waals surface area contributed by atoms with Crippen molar-refractivity contribution in [2.24, 2.45) is 13.0 Å². The van der Waals surface area contributed by atoms with Gasteiger partial charge in [0.2, 0.25) is 0 Å². The number of nitrogens with zero attached hydrogens (tertiary/aromatic N) is 2. The molecule has 0 saturated carbocycles. The first kappa shape index (κ1) is 12.8. The molecule has 0 amide bonds. The molecule has 0 aliphatic heterocycles. The predicted molar refractivity (Wildman–Crippen MR) is 68.3 cm³/mol. The van der Waals surface area contributed by atoms with Gasteiger partial charge in [0.25, 0.3) is 0 Å². The van der Waals surface area contributed by atoms with Crippen LogP contribution in [0.25, 0.3) is 0 Å². The van der Waals surface area contributed by atoms with Crippen LogP contribution in [0.5, 0.6) is 0 Å². The first-order valence-electron chi connectivity index (χ1n) is 5.70. The number of rotatable bonds is 6. The molecule has 2 nitrogen and oxygen atoms in total. The zero-order valence-electron chi connectivity index (χ0n) is 9.91. The van der Waals surface area contributed by atoms with Gasteiger partial charge in [0, 0.05) is 23.8 Å². The SMILES string of the molecule is CC(C)CC(Br)CCCc1ccnn1C. The summed E-state index contributed by atoms with van der Waals surface area (Å²) in [5, 5.41) is 4.17. The quantitative estimate of drug-likeness (QED) is 0.725. The van der Waals surface area contributed by atoms with Crippen molar-refractivity contribution < 1.29 is 0 Å². The van der Waals surface area contributed by atoms with Crippen LogP contribution in [0, 0.1) is 5.92 Å². The van der Waals surface area contributed by atoms with Gasteiger partial charge < -0.3 is 0 Å². The molecule has 1 aromatic rings. The fourth-order valence-electron chi connectivity index (χ4n) is 1.78. The summed E-state index contributed by atoms with van der Waals surface area (Å²) in [6.07, 6.45) is 6.77. The van der Waals surface area contributed by atoms with E-state index < -0.39 is 0 Å². The van der Waals surface area contributed by atoms with Gasteiger partial charge in [-0.25, -0.2) is 0 Å². The van der Waals surface area contributed by atoms with Crippen molar-refractivity contribution >= 4 is 15.9 Å². The molecule has 1 aromatic heterocycles. The maximum Gasteiger partial charge on any atom is 0.0492 e. The van der Waals surface area contributed by atoms with Crippen molar-refractivity contribution in [1.82, 2.24) is 9.78 Å². The molecule has 1 atom stereocenters. The van der Waals surface area contributed by atoms with E-state index in [-0.39, 0.29) is 0 Å². The average molecular weight is 273 g/mol. The topological polar surface area (TPSA) is 17.8 Å². The fraction of sp³-hybridized carbons (Fsp3) is 0.750. The first-order chi connectivity index (χ1) is 7.09. The van der Waals surface area contributed by atoms with E-state index >= 15 is 0 Å². The van der Waals surface area contributed by atoms with Crippen molar-refractivity contribution in [2.45, 2.75) is 44.4 Å². The summed E-state index contributed by atoms with van der Waals surface area (Å²) in [6, 6.07) is 2.10. The van der Waals surface area contributed by atoms with Gasteiger partial charge in [-0.05, 0) is 37.7 Å². The molecular weight excluding hydrogens is 252 g/mol. The second kappa shape index (κ2) is 6.31. The number of hydrogen-bond donors (Lipinski definition) is 0. The number of halogens is 1. The standard InChI is InChI=1S/C12H21BrN2/c1-10(2)9-11(13)5-4-6-12-7-8-14-15(12)3/h7-8,10-11H,4-6,9H2,1-3H3. The Morgan fingerprint density at radius 3 is 2.73 bits per heavy atom. The highest BCUT2D eigenvalue weighted by molar-refractivity contribution is 9.09. The summed E-state index contributed by atoms with van der Waals surface area (Å²) in [6.45, 7) is 4.55. The maximum absolute atomic E-state index is 4.17. The molecule has 1 unspecified atom stereocenters. The molecule has 0 aromatic carbocycles. The van der Waals surface area contributed by atoms with Crippen LogP contribution in [0.2, 0.25) is 0 Å². The Morgan fingerprint density at radius 1 is 1.47 bits per heavy atom. The van der Waals surface area contributed by atoms with Gasteiger partial charge in [-0.1, -0.05) is 29.8 Å². The van der Waals surface area contributed by atoms with E-state index in [1.54, 1.807) is 0 Å². The summed E-state index contributed by atoms with van der Waals surface area (Å²) in [5.41, 5.74) is 1.33. The third kappa shape index (κ3) is 4.83. The summed E-state index contributed by atoms with van der Waals surface area (Å²) in [5.74, 6) is 0.783. The lowest BCUT2D eigenvalue weighted by Crippen LogP contribution is -2.04. The summed E-state index contributed by atoms with van der Waals surface area (Å²) < 4.78 is 1.96. The van der Waals surface area contributed by atoms with E-state index in [2.05, 4.69) is 40.9 Å². The highest BCUT2D eigenvalue weighted by Crippen LogP contribution is 2.18. The van der Waals surface area contributed by atoms with Crippen LogP contribution in [-0.2, 0) is 13.5 Å². The average Bonchev–Trinajstić information content (AvgIpc) is 2.50. The van der Waals surface area contributed by atoms with Gasteiger partial charge in [-0.3, -0.25) is 4.68 Å².